The van der Waals surface area contributed by atoms with Gasteiger partial charge in [0.25, 0.3) is 0 Å². The summed E-state index contributed by atoms with van der Waals surface area (Å²) in [5.74, 6) is 1.56. The van der Waals surface area contributed by atoms with E-state index >= 15 is 0 Å². The van der Waals surface area contributed by atoms with E-state index in [0.29, 0.717) is 17.9 Å². The van der Waals surface area contributed by atoms with E-state index in [0.717, 1.165) is 11.4 Å². The van der Waals surface area contributed by atoms with Gasteiger partial charge in [0.1, 0.15) is 23.9 Å². The van der Waals surface area contributed by atoms with Crippen molar-refractivity contribution in [3.8, 4) is 11.5 Å². The van der Waals surface area contributed by atoms with Gasteiger partial charge in [-0.1, -0.05) is 18.2 Å². The molecule has 0 bridgehead atoms. The lowest BCUT2D eigenvalue weighted by molar-refractivity contribution is 0.104. The van der Waals surface area contributed by atoms with Crippen LogP contribution in [0.5, 0.6) is 11.5 Å². The zero-order valence-corrected chi connectivity index (χ0v) is 13.8. The van der Waals surface area contributed by atoms with Crippen LogP contribution in [-0.4, -0.2) is 20.4 Å². The van der Waals surface area contributed by atoms with E-state index in [4.69, 9.17) is 4.74 Å². The molecule has 1 aromatic heterocycles. The minimum Gasteiger partial charge on any atom is -0.508 e. The summed E-state index contributed by atoms with van der Waals surface area (Å²) in [6.07, 6.45) is 6.74. The Morgan fingerprint density at radius 3 is 2.72 bits per heavy atom. The normalized spacial score (nSPS) is 10.9. The van der Waals surface area contributed by atoms with Gasteiger partial charge in [-0.25, -0.2) is 4.98 Å². The van der Waals surface area contributed by atoms with Gasteiger partial charge in [0, 0.05) is 25.0 Å². The molecule has 0 amide bonds. The number of aromatic hydroxyl groups is 1. The number of ether oxygens (including phenoxy) is 1. The molecule has 0 saturated carbocycles. The van der Waals surface area contributed by atoms with Crippen LogP contribution in [0.25, 0.3) is 6.08 Å². The number of carbonyl (C=O) groups excluding carboxylic acids is 1. The summed E-state index contributed by atoms with van der Waals surface area (Å²) in [5.41, 5.74) is 1.34. The molecule has 3 rings (SSSR count). The van der Waals surface area contributed by atoms with Crippen LogP contribution in [-0.2, 0) is 13.7 Å². The quantitative estimate of drug-likeness (QED) is 0.552. The number of hydrogen-bond acceptors (Lipinski definition) is 4. The van der Waals surface area contributed by atoms with Crippen molar-refractivity contribution in [1.29, 1.82) is 0 Å². The lowest BCUT2D eigenvalue weighted by Crippen LogP contribution is -2.03. The van der Waals surface area contributed by atoms with Crippen molar-refractivity contribution in [1.82, 2.24) is 9.55 Å². The molecular formula is C20H18N2O3. The lowest BCUT2D eigenvalue weighted by atomic mass is 10.1. The largest absolute Gasteiger partial charge is 0.508 e. The van der Waals surface area contributed by atoms with Crippen LogP contribution in [0.3, 0.4) is 0 Å². The molecule has 0 aliphatic carbocycles. The van der Waals surface area contributed by atoms with Crippen molar-refractivity contribution in [3.05, 3.63) is 84.0 Å². The summed E-state index contributed by atoms with van der Waals surface area (Å²) in [5, 5.41) is 9.42. The summed E-state index contributed by atoms with van der Waals surface area (Å²) in [6, 6.07) is 13.7. The van der Waals surface area contributed by atoms with Crippen molar-refractivity contribution in [2.24, 2.45) is 7.05 Å². The number of imidazole rings is 1. The molecule has 5 nitrogen and oxygen atoms in total. The highest BCUT2D eigenvalue weighted by molar-refractivity contribution is 6.06. The molecule has 2 aromatic carbocycles. The zero-order chi connectivity index (χ0) is 17.6. The summed E-state index contributed by atoms with van der Waals surface area (Å²) >= 11 is 0. The third kappa shape index (κ3) is 4.35. The predicted molar refractivity (Wildman–Crippen MR) is 95.5 cm³/mol. The first-order chi connectivity index (χ1) is 12.1. The second kappa shape index (κ2) is 7.49. The number of hydrogen-bond donors (Lipinski definition) is 1. The van der Waals surface area contributed by atoms with Crippen LogP contribution in [0, 0.1) is 0 Å². The number of carbonyl (C=O) groups is 1. The fourth-order valence-electron chi connectivity index (χ4n) is 2.30. The van der Waals surface area contributed by atoms with E-state index in [1.165, 1.54) is 6.08 Å². The monoisotopic (exact) mass is 334 g/mol. The molecule has 0 unspecified atom stereocenters. The number of aromatic nitrogens is 2. The Morgan fingerprint density at radius 2 is 2.04 bits per heavy atom. The average molecular weight is 334 g/mol. The molecule has 1 heterocycles. The fraction of sp³-hybridized carbons (Fsp3) is 0.100. The molecule has 0 saturated heterocycles. The third-order valence-corrected chi connectivity index (χ3v) is 3.73. The molecular weight excluding hydrogens is 316 g/mol. The highest BCUT2D eigenvalue weighted by Gasteiger charge is 2.04. The Hall–Kier alpha value is -3.34. The number of rotatable bonds is 6. The molecule has 3 aromatic rings. The molecule has 0 radical (unpaired) electrons. The van der Waals surface area contributed by atoms with Gasteiger partial charge < -0.3 is 14.4 Å². The molecule has 0 aliphatic rings. The molecule has 0 fully saturated rings. The first-order valence-corrected chi connectivity index (χ1v) is 7.82. The zero-order valence-electron chi connectivity index (χ0n) is 13.8. The second-order valence-corrected chi connectivity index (χ2v) is 5.56. The topological polar surface area (TPSA) is 64.4 Å². The highest BCUT2D eigenvalue weighted by Crippen LogP contribution is 2.16. The minimum absolute atomic E-state index is 0.112. The van der Waals surface area contributed by atoms with E-state index in [1.807, 2.05) is 23.9 Å². The smallest absolute Gasteiger partial charge is 0.185 e. The second-order valence-electron chi connectivity index (χ2n) is 5.56. The first-order valence-electron chi connectivity index (χ1n) is 7.82. The Balaban J connectivity index is 1.61. The molecule has 0 spiro atoms. The molecule has 5 heteroatoms. The van der Waals surface area contributed by atoms with Crippen LogP contribution in [0.2, 0.25) is 0 Å². The van der Waals surface area contributed by atoms with Gasteiger partial charge in [-0.05, 0) is 48.0 Å². The summed E-state index contributed by atoms with van der Waals surface area (Å²) in [6.45, 7) is 0.369. The van der Waals surface area contributed by atoms with E-state index in [1.54, 1.807) is 54.7 Å². The van der Waals surface area contributed by atoms with Gasteiger partial charge in [0.2, 0.25) is 0 Å². The van der Waals surface area contributed by atoms with Crippen LogP contribution < -0.4 is 4.74 Å². The number of allylic oxidation sites excluding steroid dienone is 1. The Labute approximate surface area is 145 Å². The maximum Gasteiger partial charge on any atom is 0.185 e. The molecule has 0 aliphatic heterocycles. The van der Waals surface area contributed by atoms with Crippen LogP contribution >= 0.6 is 0 Å². The maximum atomic E-state index is 12.2. The molecule has 0 atom stereocenters. The van der Waals surface area contributed by atoms with E-state index < -0.39 is 0 Å². The highest BCUT2D eigenvalue weighted by atomic mass is 16.5. The molecule has 25 heavy (non-hydrogen) atoms. The minimum atomic E-state index is -0.112. The van der Waals surface area contributed by atoms with E-state index in [-0.39, 0.29) is 11.5 Å². The van der Waals surface area contributed by atoms with Gasteiger partial charge >= 0.3 is 0 Å². The van der Waals surface area contributed by atoms with Gasteiger partial charge in [0.15, 0.2) is 5.78 Å². The molecule has 1 N–H and O–H groups in total. The van der Waals surface area contributed by atoms with Crippen molar-refractivity contribution in [2.45, 2.75) is 6.61 Å². The van der Waals surface area contributed by atoms with Crippen molar-refractivity contribution < 1.29 is 14.6 Å². The van der Waals surface area contributed by atoms with E-state index in [9.17, 15) is 9.90 Å². The Kier molecular flexibility index (Phi) is 4.95. The first kappa shape index (κ1) is 16.5. The third-order valence-electron chi connectivity index (χ3n) is 3.73. The van der Waals surface area contributed by atoms with Crippen LogP contribution in [0.1, 0.15) is 21.7 Å². The molecule has 126 valence electrons. The standard InChI is InChI=1S/C20H18N2O3/c1-22-12-11-21-20(22)14-25-18-8-6-16(7-9-18)19(24)10-5-15-3-2-4-17(23)13-15/h2-13,23H,14H2,1H3/b10-5-. The van der Waals surface area contributed by atoms with Gasteiger partial charge in [0.05, 0.1) is 0 Å². The van der Waals surface area contributed by atoms with Gasteiger partial charge in [-0.15, -0.1) is 0 Å². The van der Waals surface area contributed by atoms with Crippen molar-refractivity contribution >= 4 is 11.9 Å². The maximum absolute atomic E-state index is 12.2. The number of aryl methyl sites for hydroxylation is 1. The number of phenols is 1. The predicted octanol–water partition coefficient (Wildman–Crippen LogP) is 3.60. The van der Waals surface area contributed by atoms with Crippen molar-refractivity contribution in [2.75, 3.05) is 0 Å². The SMILES string of the molecule is Cn1ccnc1COc1ccc(C(=O)/C=C\c2cccc(O)c2)cc1. The number of phenolic OH excluding ortho intramolecular Hbond substituents is 1. The summed E-state index contributed by atoms with van der Waals surface area (Å²) in [7, 11) is 1.91. The summed E-state index contributed by atoms with van der Waals surface area (Å²) < 4.78 is 7.56. The van der Waals surface area contributed by atoms with Crippen LogP contribution in [0.15, 0.2) is 67.0 Å². The number of ketones is 1. The summed E-state index contributed by atoms with van der Waals surface area (Å²) in [4.78, 5) is 16.4. The Morgan fingerprint density at radius 1 is 1.24 bits per heavy atom. The fourth-order valence-corrected chi connectivity index (χ4v) is 2.30. The van der Waals surface area contributed by atoms with Crippen molar-refractivity contribution in [3.63, 3.8) is 0 Å². The van der Waals surface area contributed by atoms with Crippen LogP contribution in [0.4, 0.5) is 0 Å². The Bertz CT molecular complexity index is 895. The average Bonchev–Trinajstić information content (AvgIpc) is 3.03. The van der Waals surface area contributed by atoms with Gasteiger partial charge in [-0.3, -0.25) is 4.79 Å². The number of benzene rings is 2. The lowest BCUT2D eigenvalue weighted by Gasteiger charge is -2.06. The van der Waals surface area contributed by atoms with Gasteiger partial charge in [-0.2, -0.15) is 0 Å². The number of nitrogens with zero attached hydrogens (tertiary/aromatic N) is 2. The van der Waals surface area contributed by atoms with E-state index in [2.05, 4.69) is 4.98 Å².